The average Bonchev–Trinajstić information content (AvgIpc) is 1.65. The Kier molecular flexibility index (Phi) is 19.1. The third-order valence-electron chi connectivity index (χ3n) is 18.6. The zero-order valence-electron chi connectivity index (χ0n) is 54.1. The fourth-order valence-corrected chi connectivity index (χ4v) is 14.5. The Morgan fingerprint density at radius 1 is 0.302 bits per heavy atom. The molecule has 15 heteroatoms. The van der Waals surface area contributed by atoms with Gasteiger partial charge in [-0.05, 0) is 188 Å². The van der Waals surface area contributed by atoms with E-state index < -0.39 is 0 Å². The van der Waals surface area contributed by atoms with E-state index in [1.54, 1.807) is 0 Å². The summed E-state index contributed by atoms with van der Waals surface area (Å²) in [5.74, 6) is 0.137. The summed E-state index contributed by atoms with van der Waals surface area (Å²) in [6.45, 7) is 4.47. The molecule has 0 saturated carbocycles. The lowest BCUT2D eigenvalue weighted by atomic mass is 10.0. The van der Waals surface area contributed by atoms with Gasteiger partial charge in [-0.2, -0.15) is 0 Å². The monoisotopic (exact) mass is 1460 g/mol. The minimum absolute atomic E-state index is 0.0200. The number of amides is 4. The normalized spacial score (nSPS) is 13.2. The van der Waals surface area contributed by atoms with Crippen LogP contribution in [0.15, 0.2) is 257 Å². The van der Waals surface area contributed by atoms with Gasteiger partial charge in [-0.1, -0.05) is 135 Å². The first kappa shape index (κ1) is 64.9. The predicted molar refractivity (Wildman–Crippen MR) is 394 cm³/mol. The standard InChI is InChI=1S/C21H20N2O.3C20H17BrN2O/c1-15-8-9-17-13-19-18(10-11-22(19)2)14-23(20(17)12-15)21(24)16-6-4-3-5-7-16;1-22-11-10-15-13-23(20(24)16-7-3-4-8-17(16)21)18-9-5-2-6-14(18)12-19(15)22;1-22-10-9-16-13-23(20(24)15-6-4-7-17(21)11-15)18-8-3-2-5-14(18)12-19(16)22;1-22-11-10-16-13-23(20(24)14-6-8-17(21)9-7-14)18-5-3-2-4-15(18)12-19(16)22/h3-12H,13-14H2,1-2H3;3*2-11H,12-13H2,1H3. The van der Waals surface area contributed by atoms with Crippen molar-refractivity contribution in [3.63, 3.8) is 0 Å². The SMILES string of the molecule is Cc1ccc2c(c1)N(C(=O)c1ccccc1)Cc1ccn(C)c1C2.Cn1ccc2c1Cc1ccccc1N(C(=O)c1ccc(Br)cc1)C2.Cn1ccc2c1Cc1ccccc1N(C(=O)c1cccc(Br)c1)C2.Cn1ccc2c1Cc1ccccc1N(C(=O)c1ccccc1Br)C2. The molecule has 0 unspecified atom stereocenters. The van der Waals surface area contributed by atoms with Crippen LogP contribution in [0.1, 0.15) is 114 Å². The summed E-state index contributed by atoms with van der Waals surface area (Å²) in [7, 11) is 8.26. The summed E-state index contributed by atoms with van der Waals surface area (Å²) >= 11 is 10.4. The topological polar surface area (TPSA) is 101 Å². The number of halogens is 3. The Bertz CT molecular complexity index is 4910. The molecule has 96 heavy (non-hydrogen) atoms. The van der Waals surface area contributed by atoms with Gasteiger partial charge < -0.3 is 37.9 Å². The zero-order valence-corrected chi connectivity index (χ0v) is 58.9. The van der Waals surface area contributed by atoms with E-state index in [0.717, 1.165) is 67.4 Å². The molecule has 4 aliphatic heterocycles. The second-order valence-electron chi connectivity index (χ2n) is 24.7. The Balaban J connectivity index is 0.000000116. The lowest BCUT2D eigenvalue weighted by Crippen LogP contribution is -2.30. The van der Waals surface area contributed by atoms with Crippen LogP contribution in [0.5, 0.6) is 0 Å². The van der Waals surface area contributed by atoms with Crippen LogP contribution in [0, 0.1) is 6.92 Å². The fraction of sp³-hybridized carbons (Fsp3) is 0.160. The average molecular weight is 1460 g/mol. The van der Waals surface area contributed by atoms with Gasteiger partial charge in [-0.15, -0.1) is 0 Å². The number of aryl methyl sites for hydroxylation is 5. The largest absolute Gasteiger partial charge is 0.354 e. The molecule has 8 heterocycles. The van der Waals surface area contributed by atoms with Crippen LogP contribution < -0.4 is 19.6 Å². The minimum Gasteiger partial charge on any atom is -0.354 e. The summed E-state index contributed by atoms with van der Waals surface area (Å²) < 4.78 is 11.3. The number of aromatic nitrogens is 4. The number of carbonyl (C=O) groups is 4. The van der Waals surface area contributed by atoms with Gasteiger partial charge in [0.15, 0.2) is 0 Å². The number of fused-ring (bicyclic) bond motifs is 8. The lowest BCUT2D eigenvalue weighted by molar-refractivity contribution is 0.0977. The number of anilines is 4. The molecule has 0 radical (unpaired) electrons. The van der Waals surface area contributed by atoms with E-state index in [4.69, 9.17) is 0 Å². The molecule has 0 atom stereocenters. The molecular weight excluding hydrogens is 1390 g/mol. The second-order valence-corrected chi connectivity index (χ2v) is 27.4. The number of para-hydroxylation sites is 3. The van der Waals surface area contributed by atoms with E-state index >= 15 is 0 Å². The van der Waals surface area contributed by atoms with E-state index in [0.29, 0.717) is 42.9 Å². The maximum atomic E-state index is 13.2. The van der Waals surface area contributed by atoms with Crippen molar-refractivity contribution in [1.82, 2.24) is 18.3 Å². The van der Waals surface area contributed by atoms with Gasteiger partial charge in [0.05, 0.1) is 31.7 Å². The molecule has 4 amide bonds. The molecule has 16 rings (SSSR count). The van der Waals surface area contributed by atoms with Gasteiger partial charge in [-0.25, -0.2) is 0 Å². The maximum Gasteiger partial charge on any atom is 0.259 e. The first-order valence-electron chi connectivity index (χ1n) is 32.0. The van der Waals surface area contributed by atoms with E-state index in [9.17, 15) is 19.2 Å². The van der Waals surface area contributed by atoms with Crippen LogP contribution in [-0.4, -0.2) is 41.9 Å². The van der Waals surface area contributed by atoms with Gasteiger partial charge in [-0.3, -0.25) is 19.2 Å². The number of hydrogen-bond donors (Lipinski definition) is 0. The molecule has 0 bridgehead atoms. The van der Waals surface area contributed by atoms with Crippen LogP contribution >= 0.6 is 47.8 Å². The first-order chi connectivity index (χ1) is 46.5. The predicted octanol–water partition coefficient (Wildman–Crippen LogP) is 17.7. The molecule has 480 valence electrons. The Morgan fingerprint density at radius 3 is 1.11 bits per heavy atom. The third kappa shape index (κ3) is 13.6. The molecule has 0 saturated heterocycles. The summed E-state index contributed by atoms with van der Waals surface area (Å²) in [5.41, 5.74) is 22.7. The van der Waals surface area contributed by atoms with E-state index in [1.165, 1.54) is 72.8 Å². The van der Waals surface area contributed by atoms with Crippen LogP contribution in [0.3, 0.4) is 0 Å². The van der Waals surface area contributed by atoms with Crippen LogP contribution in [0.25, 0.3) is 0 Å². The highest BCUT2D eigenvalue weighted by molar-refractivity contribution is 9.11. The Morgan fingerprint density at radius 2 is 0.667 bits per heavy atom. The van der Waals surface area contributed by atoms with Crippen molar-refractivity contribution < 1.29 is 19.2 Å². The zero-order chi connectivity index (χ0) is 66.7. The Labute approximate surface area is 585 Å². The van der Waals surface area contributed by atoms with Gasteiger partial charge in [0.2, 0.25) is 0 Å². The van der Waals surface area contributed by atoms with Crippen LogP contribution in [0.4, 0.5) is 22.7 Å². The Hall–Kier alpha value is -9.80. The number of carbonyl (C=O) groups excluding carboxylic acids is 4. The number of benzene rings is 8. The van der Waals surface area contributed by atoms with Crippen molar-refractivity contribution in [2.45, 2.75) is 58.8 Å². The second kappa shape index (κ2) is 28.3. The highest BCUT2D eigenvalue weighted by Gasteiger charge is 2.31. The van der Waals surface area contributed by atoms with Crippen molar-refractivity contribution in [2.24, 2.45) is 28.2 Å². The van der Waals surface area contributed by atoms with Crippen LogP contribution in [-0.2, 0) is 80.1 Å². The molecule has 0 N–H and O–H groups in total. The van der Waals surface area contributed by atoms with Crippen molar-refractivity contribution in [2.75, 3.05) is 19.6 Å². The summed E-state index contributed by atoms with van der Waals surface area (Å²) in [6, 6.07) is 71.7. The number of nitrogens with zero attached hydrogens (tertiary/aromatic N) is 8. The molecule has 4 aromatic heterocycles. The van der Waals surface area contributed by atoms with E-state index in [1.807, 2.05) is 177 Å². The smallest absolute Gasteiger partial charge is 0.259 e. The summed E-state index contributed by atoms with van der Waals surface area (Å²) in [4.78, 5) is 60.3. The highest BCUT2D eigenvalue weighted by atomic mass is 79.9. The van der Waals surface area contributed by atoms with Gasteiger partial charge in [0.1, 0.15) is 0 Å². The summed E-state index contributed by atoms with van der Waals surface area (Å²) in [5, 5.41) is 0. The first-order valence-corrected chi connectivity index (χ1v) is 34.4. The van der Waals surface area contributed by atoms with Gasteiger partial charge in [0, 0.05) is 154 Å². The molecule has 8 aromatic carbocycles. The third-order valence-corrected chi connectivity index (χ3v) is 20.3. The van der Waals surface area contributed by atoms with Gasteiger partial charge in [0.25, 0.3) is 23.6 Å². The van der Waals surface area contributed by atoms with Crippen molar-refractivity contribution in [1.29, 1.82) is 0 Å². The molecule has 12 aromatic rings. The molecular formula is C81H71Br3N8O4. The maximum absolute atomic E-state index is 13.2. The summed E-state index contributed by atoms with van der Waals surface area (Å²) in [6.07, 6.45) is 11.7. The molecule has 12 nitrogen and oxygen atoms in total. The molecule has 0 aliphatic carbocycles. The molecule has 0 fully saturated rings. The van der Waals surface area contributed by atoms with Gasteiger partial charge >= 0.3 is 0 Å². The van der Waals surface area contributed by atoms with E-state index in [-0.39, 0.29) is 23.6 Å². The van der Waals surface area contributed by atoms with Crippen molar-refractivity contribution in [3.05, 3.63) is 352 Å². The van der Waals surface area contributed by atoms with E-state index in [2.05, 4.69) is 187 Å². The van der Waals surface area contributed by atoms with Crippen molar-refractivity contribution >= 4 is 94.2 Å². The fourth-order valence-electron chi connectivity index (χ4n) is 13.3. The minimum atomic E-state index is 0.0200. The highest BCUT2D eigenvalue weighted by Crippen LogP contribution is 2.38. The lowest BCUT2D eigenvalue weighted by Gasteiger charge is -2.23. The number of rotatable bonds is 4. The van der Waals surface area contributed by atoms with Crippen molar-refractivity contribution in [3.8, 4) is 0 Å². The molecule has 0 spiro atoms. The van der Waals surface area contributed by atoms with Crippen LogP contribution in [0.2, 0.25) is 0 Å². The number of hydrogen-bond acceptors (Lipinski definition) is 4. The molecule has 4 aliphatic rings. The quantitative estimate of drug-likeness (QED) is 0.175.